The van der Waals surface area contributed by atoms with Crippen molar-refractivity contribution in [3.8, 4) is 5.75 Å². The maximum atomic E-state index is 11.9. The Morgan fingerprint density at radius 1 is 1.04 bits per heavy atom. The fourth-order valence-corrected chi connectivity index (χ4v) is 2.05. The first-order valence-corrected chi connectivity index (χ1v) is 8.22. The van der Waals surface area contributed by atoms with Crippen LogP contribution in [0.1, 0.15) is 38.2 Å². The molecule has 0 spiro atoms. The van der Waals surface area contributed by atoms with Gasteiger partial charge in [0, 0.05) is 12.2 Å². The van der Waals surface area contributed by atoms with Crippen LogP contribution in [0.15, 0.2) is 42.6 Å². The van der Waals surface area contributed by atoms with Crippen molar-refractivity contribution >= 4 is 17.3 Å². The van der Waals surface area contributed by atoms with E-state index in [0.29, 0.717) is 18.2 Å². The molecule has 0 radical (unpaired) electrons. The Labute approximate surface area is 143 Å². The minimum absolute atomic E-state index is 0.148. The normalized spacial score (nSPS) is 10.8. The van der Waals surface area contributed by atoms with Gasteiger partial charge in [-0.05, 0) is 56.2 Å². The van der Waals surface area contributed by atoms with Crippen molar-refractivity contribution in [3.05, 3.63) is 48.3 Å². The standard InChI is InChI=1S/C19H25N3O2/c1-13(2)11-21-19(23)18-10-7-16(12-20-18)22-15-5-8-17(9-6-15)24-14(3)4/h5-10,12-14,22H,11H2,1-4H3,(H,21,23). The zero-order valence-corrected chi connectivity index (χ0v) is 14.7. The largest absolute Gasteiger partial charge is 0.491 e. The average Bonchev–Trinajstić information content (AvgIpc) is 2.54. The van der Waals surface area contributed by atoms with E-state index in [1.54, 1.807) is 12.3 Å². The molecule has 0 fully saturated rings. The number of aromatic nitrogens is 1. The van der Waals surface area contributed by atoms with Crippen LogP contribution in [0, 0.1) is 5.92 Å². The van der Waals surface area contributed by atoms with Crippen LogP contribution in [0.3, 0.4) is 0 Å². The lowest BCUT2D eigenvalue weighted by atomic mass is 10.2. The summed E-state index contributed by atoms with van der Waals surface area (Å²) in [7, 11) is 0. The fourth-order valence-electron chi connectivity index (χ4n) is 2.05. The van der Waals surface area contributed by atoms with E-state index in [1.807, 2.05) is 44.2 Å². The van der Waals surface area contributed by atoms with Crippen molar-refractivity contribution in [2.24, 2.45) is 5.92 Å². The Hall–Kier alpha value is -2.56. The first kappa shape index (κ1) is 17.8. The molecule has 0 aliphatic carbocycles. The Bertz CT molecular complexity index is 649. The quantitative estimate of drug-likeness (QED) is 0.807. The van der Waals surface area contributed by atoms with E-state index < -0.39 is 0 Å². The van der Waals surface area contributed by atoms with Gasteiger partial charge >= 0.3 is 0 Å². The number of anilines is 2. The number of carbonyl (C=O) groups excluding carboxylic acids is 1. The van der Waals surface area contributed by atoms with Crippen LogP contribution >= 0.6 is 0 Å². The molecule has 128 valence electrons. The highest BCUT2D eigenvalue weighted by Crippen LogP contribution is 2.20. The predicted molar refractivity (Wildman–Crippen MR) is 96.9 cm³/mol. The second kappa shape index (κ2) is 8.34. The fraction of sp³-hybridized carbons (Fsp3) is 0.368. The van der Waals surface area contributed by atoms with Crippen molar-refractivity contribution in [2.45, 2.75) is 33.8 Å². The molecule has 0 saturated carbocycles. The lowest BCUT2D eigenvalue weighted by Gasteiger charge is -2.11. The Morgan fingerprint density at radius 2 is 1.71 bits per heavy atom. The average molecular weight is 327 g/mol. The molecular weight excluding hydrogens is 302 g/mol. The third-order valence-electron chi connectivity index (χ3n) is 3.18. The smallest absolute Gasteiger partial charge is 0.269 e. The van der Waals surface area contributed by atoms with Crippen molar-refractivity contribution in [1.29, 1.82) is 0 Å². The molecule has 1 amide bonds. The SMILES string of the molecule is CC(C)CNC(=O)c1ccc(Nc2ccc(OC(C)C)cc2)cn1. The van der Waals surface area contributed by atoms with Gasteiger partial charge in [-0.25, -0.2) is 4.98 Å². The number of nitrogens with one attached hydrogen (secondary N) is 2. The second-order valence-electron chi connectivity index (χ2n) is 6.35. The molecule has 0 saturated heterocycles. The number of ether oxygens (including phenoxy) is 1. The Kier molecular flexibility index (Phi) is 6.18. The molecule has 0 bridgehead atoms. The summed E-state index contributed by atoms with van der Waals surface area (Å²) in [6, 6.07) is 11.3. The van der Waals surface area contributed by atoms with Crippen LogP contribution in [0.5, 0.6) is 5.75 Å². The number of pyridine rings is 1. The molecule has 1 aromatic carbocycles. The van der Waals surface area contributed by atoms with Gasteiger partial charge in [0.15, 0.2) is 0 Å². The molecule has 0 aliphatic rings. The first-order chi connectivity index (χ1) is 11.4. The molecule has 2 N–H and O–H groups in total. The zero-order valence-electron chi connectivity index (χ0n) is 14.7. The molecule has 2 rings (SSSR count). The van der Waals surface area contributed by atoms with Crippen molar-refractivity contribution in [1.82, 2.24) is 10.3 Å². The first-order valence-electron chi connectivity index (χ1n) is 8.22. The summed E-state index contributed by atoms with van der Waals surface area (Å²) in [4.78, 5) is 16.1. The van der Waals surface area contributed by atoms with Gasteiger partial charge in [-0.15, -0.1) is 0 Å². The molecule has 2 aromatic rings. The highest BCUT2D eigenvalue weighted by Gasteiger charge is 2.07. The van der Waals surface area contributed by atoms with Crippen molar-refractivity contribution < 1.29 is 9.53 Å². The summed E-state index contributed by atoms with van der Waals surface area (Å²) in [6.45, 7) is 8.75. The van der Waals surface area contributed by atoms with E-state index in [2.05, 4.69) is 29.5 Å². The number of rotatable bonds is 7. The minimum atomic E-state index is -0.148. The minimum Gasteiger partial charge on any atom is -0.491 e. The third kappa shape index (κ3) is 5.57. The van der Waals surface area contributed by atoms with Gasteiger partial charge in [-0.3, -0.25) is 4.79 Å². The molecule has 0 aliphatic heterocycles. The number of nitrogens with zero attached hydrogens (tertiary/aromatic N) is 1. The van der Waals surface area contributed by atoms with E-state index in [4.69, 9.17) is 4.74 Å². The second-order valence-corrected chi connectivity index (χ2v) is 6.35. The van der Waals surface area contributed by atoms with Gasteiger partial charge in [0.2, 0.25) is 0 Å². The van der Waals surface area contributed by atoms with E-state index in [1.165, 1.54) is 0 Å². The topological polar surface area (TPSA) is 63.2 Å². The molecular formula is C19H25N3O2. The number of carbonyl (C=O) groups is 1. The highest BCUT2D eigenvalue weighted by molar-refractivity contribution is 5.92. The Morgan fingerprint density at radius 3 is 2.25 bits per heavy atom. The van der Waals surface area contributed by atoms with Crippen molar-refractivity contribution in [2.75, 3.05) is 11.9 Å². The molecule has 24 heavy (non-hydrogen) atoms. The van der Waals surface area contributed by atoms with Crippen LogP contribution in [-0.4, -0.2) is 23.5 Å². The van der Waals surface area contributed by atoms with Crippen LogP contribution in [0.4, 0.5) is 11.4 Å². The van der Waals surface area contributed by atoms with E-state index in [9.17, 15) is 4.79 Å². The maximum Gasteiger partial charge on any atom is 0.269 e. The maximum absolute atomic E-state index is 11.9. The highest BCUT2D eigenvalue weighted by atomic mass is 16.5. The third-order valence-corrected chi connectivity index (χ3v) is 3.18. The predicted octanol–water partition coefficient (Wildman–Crippen LogP) is 4.00. The van der Waals surface area contributed by atoms with Crippen molar-refractivity contribution in [3.63, 3.8) is 0 Å². The molecule has 1 aromatic heterocycles. The van der Waals surface area contributed by atoms with Gasteiger partial charge in [0.25, 0.3) is 5.91 Å². The van der Waals surface area contributed by atoms with E-state index >= 15 is 0 Å². The van der Waals surface area contributed by atoms with Crippen LogP contribution < -0.4 is 15.4 Å². The zero-order chi connectivity index (χ0) is 17.5. The van der Waals surface area contributed by atoms with Gasteiger partial charge < -0.3 is 15.4 Å². The number of benzene rings is 1. The summed E-state index contributed by atoms with van der Waals surface area (Å²) in [6.07, 6.45) is 1.81. The van der Waals surface area contributed by atoms with Crippen LogP contribution in [0.25, 0.3) is 0 Å². The molecule has 0 atom stereocenters. The summed E-state index contributed by atoms with van der Waals surface area (Å²) in [5, 5.41) is 6.10. The number of hydrogen-bond donors (Lipinski definition) is 2. The van der Waals surface area contributed by atoms with E-state index in [-0.39, 0.29) is 12.0 Å². The number of hydrogen-bond acceptors (Lipinski definition) is 4. The van der Waals surface area contributed by atoms with Crippen LogP contribution in [-0.2, 0) is 0 Å². The lowest BCUT2D eigenvalue weighted by molar-refractivity contribution is 0.0944. The molecule has 1 heterocycles. The number of amides is 1. The molecule has 5 nitrogen and oxygen atoms in total. The van der Waals surface area contributed by atoms with E-state index in [0.717, 1.165) is 17.1 Å². The summed E-state index contributed by atoms with van der Waals surface area (Å²) >= 11 is 0. The molecule has 0 unspecified atom stereocenters. The van der Waals surface area contributed by atoms with Gasteiger partial charge in [-0.2, -0.15) is 0 Å². The Balaban J connectivity index is 1.95. The van der Waals surface area contributed by atoms with Crippen LogP contribution in [0.2, 0.25) is 0 Å². The van der Waals surface area contributed by atoms with Gasteiger partial charge in [0.1, 0.15) is 11.4 Å². The summed E-state index contributed by atoms with van der Waals surface area (Å²) in [5.41, 5.74) is 2.18. The molecule has 5 heteroatoms. The summed E-state index contributed by atoms with van der Waals surface area (Å²) in [5.74, 6) is 1.11. The monoisotopic (exact) mass is 327 g/mol. The van der Waals surface area contributed by atoms with Gasteiger partial charge in [-0.1, -0.05) is 13.8 Å². The van der Waals surface area contributed by atoms with Gasteiger partial charge in [0.05, 0.1) is 18.0 Å². The summed E-state index contributed by atoms with van der Waals surface area (Å²) < 4.78 is 5.62. The lowest BCUT2D eigenvalue weighted by Crippen LogP contribution is -2.27.